The van der Waals surface area contributed by atoms with Crippen molar-refractivity contribution in [1.29, 1.82) is 0 Å². The minimum absolute atomic E-state index is 0.0345. The summed E-state index contributed by atoms with van der Waals surface area (Å²) >= 11 is 0. The van der Waals surface area contributed by atoms with Crippen molar-refractivity contribution in [2.45, 2.75) is 24.6 Å². The summed E-state index contributed by atoms with van der Waals surface area (Å²) in [6.45, 7) is 2.89. The number of aromatic nitrogens is 2. The van der Waals surface area contributed by atoms with E-state index in [0.29, 0.717) is 0 Å². The van der Waals surface area contributed by atoms with Gasteiger partial charge in [0.1, 0.15) is 11.9 Å². The Kier molecular flexibility index (Phi) is 3.82. The van der Waals surface area contributed by atoms with Crippen LogP contribution in [0.4, 0.5) is 10.2 Å². The number of ether oxygens (including phenoxy) is 2. The second-order valence-electron chi connectivity index (χ2n) is 4.00. The Bertz CT molecular complexity index is 521. The molecule has 7 nitrogen and oxygen atoms in total. The third-order valence-corrected chi connectivity index (χ3v) is 2.83. The van der Waals surface area contributed by atoms with Gasteiger partial charge in [-0.2, -0.15) is 4.98 Å². The summed E-state index contributed by atoms with van der Waals surface area (Å²) in [5.41, 5.74) is 4.62. The molecule has 1 aliphatic heterocycles. The van der Waals surface area contributed by atoms with Crippen LogP contribution < -0.4 is 11.4 Å². The molecule has 2 rings (SSSR count). The molecule has 1 aliphatic rings. The van der Waals surface area contributed by atoms with Crippen LogP contribution in [-0.2, 0) is 9.47 Å². The Labute approximate surface area is 108 Å². The maximum Gasteiger partial charge on any atom is 0.351 e. The van der Waals surface area contributed by atoms with Crippen LogP contribution in [0, 0.1) is 0 Å². The topological polar surface area (TPSA) is 99.6 Å². The second kappa shape index (κ2) is 5.37. The van der Waals surface area contributed by atoms with E-state index in [9.17, 15) is 9.18 Å². The third-order valence-electron chi connectivity index (χ3n) is 2.83. The number of aliphatic hydroxyl groups is 1. The molecular formula is C11H14FN3O4. The molecule has 104 valence electrons. The van der Waals surface area contributed by atoms with Gasteiger partial charge in [0.25, 0.3) is 0 Å². The molecule has 8 heteroatoms. The van der Waals surface area contributed by atoms with E-state index in [0.717, 1.165) is 10.8 Å². The van der Waals surface area contributed by atoms with Crippen LogP contribution in [-0.4, -0.2) is 39.6 Å². The van der Waals surface area contributed by atoms with E-state index in [2.05, 4.69) is 11.6 Å². The van der Waals surface area contributed by atoms with Gasteiger partial charge in [-0.3, -0.25) is 4.57 Å². The maximum atomic E-state index is 14.2. The van der Waals surface area contributed by atoms with Crippen LogP contribution >= 0.6 is 0 Å². The molecule has 0 bridgehead atoms. The Hall–Kier alpha value is -1.93. The van der Waals surface area contributed by atoms with Gasteiger partial charge in [-0.15, -0.1) is 0 Å². The van der Waals surface area contributed by atoms with Crippen LogP contribution in [0.2, 0.25) is 0 Å². The average Bonchev–Trinajstić information content (AvgIpc) is 2.68. The number of aliphatic hydroxyl groups excluding tert-OH is 1. The molecule has 1 aromatic heterocycles. The molecule has 0 unspecified atom stereocenters. The van der Waals surface area contributed by atoms with E-state index >= 15 is 0 Å². The number of hydrogen-bond donors (Lipinski definition) is 2. The molecule has 0 aromatic carbocycles. The standard InChI is InChI=1S/C11H14FN3O4/c1-2-18-9-6(5-16)19-10(8(9)12)15-4-3-7(13)14-11(15)17/h2-4,6,8-10,16H,1,5H2,(H2,13,14,17)/t6-,8-,9-,10-/m1/s1. The molecule has 0 saturated carbocycles. The maximum absolute atomic E-state index is 14.2. The second-order valence-corrected chi connectivity index (χ2v) is 4.00. The van der Waals surface area contributed by atoms with Crippen LogP contribution in [0.25, 0.3) is 0 Å². The summed E-state index contributed by atoms with van der Waals surface area (Å²) in [5, 5.41) is 9.13. The summed E-state index contributed by atoms with van der Waals surface area (Å²) in [7, 11) is 0. The van der Waals surface area contributed by atoms with Crippen molar-refractivity contribution < 1.29 is 19.0 Å². The van der Waals surface area contributed by atoms with Gasteiger partial charge in [-0.1, -0.05) is 6.58 Å². The Morgan fingerprint density at radius 3 is 3.05 bits per heavy atom. The molecule has 0 radical (unpaired) electrons. The molecular weight excluding hydrogens is 257 g/mol. The molecule has 1 aromatic rings. The van der Waals surface area contributed by atoms with Gasteiger partial charge in [0.2, 0.25) is 0 Å². The lowest BCUT2D eigenvalue weighted by Crippen LogP contribution is -2.34. The van der Waals surface area contributed by atoms with Crippen molar-refractivity contribution in [3.8, 4) is 0 Å². The zero-order valence-electron chi connectivity index (χ0n) is 9.98. The fraction of sp³-hybridized carbons (Fsp3) is 0.455. The van der Waals surface area contributed by atoms with Crippen molar-refractivity contribution in [3.63, 3.8) is 0 Å². The zero-order valence-corrected chi connectivity index (χ0v) is 9.98. The summed E-state index contributed by atoms with van der Waals surface area (Å²) in [4.78, 5) is 15.1. The van der Waals surface area contributed by atoms with Crippen molar-refractivity contribution in [2.24, 2.45) is 0 Å². The minimum Gasteiger partial charge on any atom is -0.493 e. The van der Waals surface area contributed by atoms with Crippen LogP contribution in [0.15, 0.2) is 29.9 Å². The first kappa shape index (κ1) is 13.5. The van der Waals surface area contributed by atoms with Gasteiger partial charge < -0.3 is 20.3 Å². The number of nitrogens with two attached hydrogens (primary N) is 1. The average molecular weight is 271 g/mol. The summed E-state index contributed by atoms with van der Waals surface area (Å²) in [5.74, 6) is 0.0345. The van der Waals surface area contributed by atoms with E-state index in [1.54, 1.807) is 0 Å². The Morgan fingerprint density at radius 2 is 2.47 bits per heavy atom. The van der Waals surface area contributed by atoms with Gasteiger partial charge in [0.05, 0.1) is 12.9 Å². The number of anilines is 1. The minimum atomic E-state index is -1.64. The van der Waals surface area contributed by atoms with Crippen molar-refractivity contribution >= 4 is 5.82 Å². The van der Waals surface area contributed by atoms with E-state index in [-0.39, 0.29) is 5.82 Å². The van der Waals surface area contributed by atoms with Crippen molar-refractivity contribution in [1.82, 2.24) is 9.55 Å². The van der Waals surface area contributed by atoms with Gasteiger partial charge in [-0.05, 0) is 6.07 Å². The molecule has 0 amide bonds. The Morgan fingerprint density at radius 1 is 1.74 bits per heavy atom. The van der Waals surface area contributed by atoms with E-state index in [1.807, 2.05) is 0 Å². The van der Waals surface area contributed by atoms with Gasteiger partial charge in [0.15, 0.2) is 18.5 Å². The fourth-order valence-electron chi connectivity index (χ4n) is 1.96. The highest BCUT2D eigenvalue weighted by Crippen LogP contribution is 2.32. The number of nitrogens with zero attached hydrogens (tertiary/aromatic N) is 2. The highest BCUT2D eigenvalue weighted by atomic mass is 19.1. The molecule has 0 aliphatic carbocycles. The number of hydrogen-bond acceptors (Lipinski definition) is 6. The molecule has 1 fully saturated rings. The summed E-state index contributed by atoms with van der Waals surface area (Å²) in [6, 6.07) is 1.35. The SMILES string of the molecule is C=CO[C@H]1[C@@H](F)[C@H](n2ccc(N)nc2=O)O[C@@H]1CO. The lowest BCUT2D eigenvalue weighted by Gasteiger charge is -2.16. The molecule has 1 saturated heterocycles. The fourth-order valence-corrected chi connectivity index (χ4v) is 1.96. The number of alkyl halides is 1. The van der Waals surface area contributed by atoms with Gasteiger partial charge in [0, 0.05) is 6.20 Å². The summed E-state index contributed by atoms with van der Waals surface area (Å²) in [6.07, 6.45) is -2.43. The number of halogens is 1. The quantitative estimate of drug-likeness (QED) is 0.722. The predicted molar refractivity (Wildman–Crippen MR) is 63.9 cm³/mol. The van der Waals surface area contributed by atoms with E-state index in [1.165, 1.54) is 12.3 Å². The van der Waals surface area contributed by atoms with Gasteiger partial charge in [-0.25, -0.2) is 9.18 Å². The molecule has 2 heterocycles. The Balaban J connectivity index is 2.30. The molecule has 0 spiro atoms. The lowest BCUT2D eigenvalue weighted by atomic mass is 10.1. The van der Waals surface area contributed by atoms with Crippen LogP contribution in [0.3, 0.4) is 0 Å². The molecule has 19 heavy (non-hydrogen) atoms. The largest absolute Gasteiger partial charge is 0.493 e. The summed E-state index contributed by atoms with van der Waals surface area (Å²) < 4.78 is 25.4. The predicted octanol–water partition coefficient (Wildman–Crippen LogP) is -0.418. The van der Waals surface area contributed by atoms with Gasteiger partial charge >= 0.3 is 5.69 Å². The highest BCUT2D eigenvalue weighted by molar-refractivity contribution is 5.23. The van der Waals surface area contributed by atoms with E-state index < -0.39 is 36.9 Å². The smallest absolute Gasteiger partial charge is 0.351 e. The normalized spacial score (nSPS) is 30.2. The molecule has 4 atom stereocenters. The zero-order chi connectivity index (χ0) is 14.0. The first-order valence-corrected chi connectivity index (χ1v) is 5.60. The van der Waals surface area contributed by atoms with Crippen molar-refractivity contribution in [2.75, 3.05) is 12.3 Å². The highest BCUT2D eigenvalue weighted by Gasteiger charge is 2.47. The van der Waals surface area contributed by atoms with Crippen molar-refractivity contribution in [3.05, 3.63) is 35.6 Å². The number of nitrogen functional groups attached to an aromatic ring is 1. The van der Waals surface area contributed by atoms with Crippen LogP contribution in [0.1, 0.15) is 6.23 Å². The first-order valence-electron chi connectivity index (χ1n) is 5.60. The first-order chi connectivity index (χ1) is 9.08. The molecule has 3 N–H and O–H groups in total. The van der Waals surface area contributed by atoms with E-state index in [4.69, 9.17) is 20.3 Å². The monoisotopic (exact) mass is 271 g/mol. The van der Waals surface area contributed by atoms with Crippen LogP contribution in [0.5, 0.6) is 0 Å². The number of rotatable bonds is 4. The third kappa shape index (κ3) is 2.45. The lowest BCUT2D eigenvalue weighted by molar-refractivity contribution is -0.0504.